The normalized spacial score (nSPS) is 10.6. The first kappa shape index (κ1) is 15.5. The third-order valence-electron chi connectivity index (χ3n) is 2.83. The second kappa shape index (κ2) is 6.70. The summed E-state index contributed by atoms with van der Waals surface area (Å²) < 4.78 is 14.9. The molecular weight excluding hydrogens is 365 g/mol. The van der Waals surface area contributed by atoms with Crippen molar-refractivity contribution < 1.29 is 9.18 Å². The number of benzene rings is 1. The highest BCUT2D eigenvalue weighted by Crippen LogP contribution is 2.24. The van der Waals surface area contributed by atoms with Crippen LogP contribution in [-0.4, -0.2) is 17.4 Å². The average molecular weight is 377 g/mol. The summed E-state index contributed by atoms with van der Waals surface area (Å²) in [4.78, 5) is 15.0. The minimum Gasteiger partial charge on any atom is -0.334 e. The molecule has 0 N–H and O–H groups in total. The molecule has 0 radical (unpaired) electrons. The van der Waals surface area contributed by atoms with Crippen LogP contribution in [-0.2, 0) is 6.54 Å². The molecule has 0 aliphatic heterocycles. The van der Waals surface area contributed by atoms with Crippen LogP contribution in [0.2, 0.25) is 4.34 Å². The molecule has 1 amide bonds. The molecule has 2 rings (SSSR count). The fraction of sp³-hybridized carbons (Fsp3) is 0.214. The second-order valence-electron chi connectivity index (χ2n) is 4.13. The molecule has 0 aliphatic rings. The van der Waals surface area contributed by atoms with E-state index >= 15 is 0 Å². The maximum absolute atomic E-state index is 14.0. The maximum atomic E-state index is 14.0. The molecule has 0 spiro atoms. The van der Waals surface area contributed by atoms with E-state index < -0.39 is 5.82 Å². The first-order chi connectivity index (χ1) is 9.52. The molecule has 0 saturated heterocycles. The molecule has 1 aromatic heterocycles. The SMILES string of the molecule is CCN(Cc1ccc(Cl)s1)C(=O)c1cccc(Br)c1F. The number of hydrogen-bond donors (Lipinski definition) is 0. The van der Waals surface area contributed by atoms with Gasteiger partial charge in [-0.15, -0.1) is 11.3 Å². The largest absolute Gasteiger partial charge is 0.334 e. The van der Waals surface area contributed by atoms with Crippen molar-refractivity contribution in [2.24, 2.45) is 0 Å². The van der Waals surface area contributed by atoms with Gasteiger partial charge in [-0.05, 0) is 47.1 Å². The molecule has 1 heterocycles. The van der Waals surface area contributed by atoms with E-state index in [2.05, 4.69) is 15.9 Å². The van der Waals surface area contributed by atoms with E-state index in [4.69, 9.17) is 11.6 Å². The lowest BCUT2D eigenvalue weighted by Crippen LogP contribution is -2.30. The second-order valence-corrected chi connectivity index (χ2v) is 6.78. The van der Waals surface area contributed by atoms with Crippen molar-refractivity contribution in [2.45, 2.75) is 13.5 Å². The van der Waals surface area contributed by atoms with Crippen LogP contribution in [0.5, 0.6) is 0 Å². The quantitative estimate of drug-likeness (QED) is 0.738. The Hall–Kier alpha value is -0.910. The van der Waals surface area contributed by atoms with E-state index in [1.54, 1.807) is 23.1 Å². The zero-order valence-corrected chi connectivity index (χ0v) is 13.9. The van der Waals surface area contributed by atoms with Gasteiger partial charge in [0.25, 0.3) is 5.91 Å². The molecule has 20 heavy (non-hydrogen) atoms. The zero-order chi connectivity index (χ0) is 14.7. The highest BCUT2D eigenvalue weighted by molar-refractivity contribution is 9.10. The van der Waals surface area contributed by atoms with Crippen molar-refractivity contribution in [2.75, 3.05) is 6.54 Å². The molecule has 2 aromatic rings. The van der Waals surface area contributed by atoms with E-state index in [1.807, 2.05) is 13.0 Å². The van der Waals surface area contributed by atoms with Gasteiger partial charge in [0, 0.05) is 11.4 Å². The van der Waals surface area contributed by atoms with Crippen LogP contribution in [0.15, 0.2) is 34.8 Å². The summed E-state index contributed by atoms with van der Waals surface area (Å²) in [5.74, 6) is -0.851. The van der Waals surface area contributed by atoms with Crippen molar-refractivity contribution in [1.82, 2.24) is 4.90 Å². The molecule has 106 valence electrons. The van der Waals surface area contributed by atoms with E-state index in [0.717, 1.165) is 4.88 Å². The van der Waals surface area contributed by atoms with Crippen LogP contribution in [0.1, 0.15) is 22.2 Å². The Labute approximate surface area is 134 Å². The van der Waals surface area contributed by atoms with Crippen LogP contribution in [0.3, 0.4) is 0 Å². The summed E-state index contributed by atoms with van der Waals surface area (Å²) in [6.07, 6.45) is 0. The fourth-order valence-corrected chi connectivity index (χ4v) is 3.26. The highest BCUT2D eigenvalue weighted by atomic mass is 79.9. The van der Waals surface area contributed by atoms with Crippen molar-refractivity contribution in [3.05, 3.63) is 55.4 Å². The Morgan fingerprint density at radius 3 is 2.75 bits per heavy atom. The molecule has 0 aliphatic carbocycles. The molecule has 2 nitrogen and oxygen atoms in total. The van der Waals surface area contributed by atoms with E-state index in [9.17, 15) is 9.18 Å². The lowest BCUT2D eigenvalue weighted by Gasteiger charge is -2.20. The summed E-state index contributed by atoms with van der Waals surface area (Å²) in [5.41, 5.74) is 0.0730. The Kier molecular flexibility index (Phi) is 5.18. The summed E-state index contributed by atoms with van der Waals surface area (Å²) in [5, 5.41) is 0. The Morgan fingerprint density at radius 2 is 2.15 bits per heavy atom. The third-order valence-corrected chi connectivity index (χ3v) is 4.65. The average Bonchev–Trinajstić information content (AvgIpc) is 2.84. The van der Waals surface area contributed by atoms with Gasteiger partial charge in [-0.1, -0.05) is 17.7 Å². The van der Waals surface area contributed by atoms with Crippen molar-refractivity contribution >= 4 is 44.8 Å². The number of carbonyl (C=O) groups is 1. The van der Waals surface area contributed by atoms with Gasteiger partial charge in [0.15, 0.2) is 0 Å². The highest BCUT2D eigenvalue weighted by Gasteiger charge is 2.20. The summed E-state index contributed by atoms with van der Waals surface area (Å²) in [6.45, 7) is 2.79. The number of thiophene rings is 1. The van der Waals surface area contributed by atoms with Gasteiger partial charge in [-0.3, -0.25) is 4.79 Å². The monoisotopic (exact) mass is 375 g/mol. The third kappa shape index (κ3) is 3.40. The molecular formula is C14H12BrClFNOS. The number of halogens is 3. The molecule has 1 aromatic carbocycles. The van der Waals surface area contributed by atoms with Crippen LogP contribution >= 0.6 is 38.9 Å². The molecule has 0 bridgehead atoms. The lowest BCUT2D eigenvalue weighted by molar-refractivity contribution is 0.0749. The van der Waals surface area contributed by atoms with Crippen LogP contribution in [0, 0.1) is 5.82 Å². The van der Waals surface area contributed by atoms with Crippen LogP contribution < -0.4 is 0 Å². The van der Waals surface area contributed by atoms with Crippen molar-refractivity contribution in [1.29, 1.82) is 0 Å². The van der Waals surface area contributed by atoms with Gasteiger partial charge in [0.2, 0.25) is 0 Å². The number of amides is 1. The molecule has 0 saturated carbocycles. The topological polar surface area (TPSA) is 20.3 Å². The minimum atomic E-state index is -0.528. The van der Waals surface area contributed by atoms with Gasteiger partial charge in [0.05, 0.1) is 20.9 Å². The number of hydrogen-bond acceptors (Lipinski definition) is 2. The maximum Gasteiger partial charge on any atom is 0.257 e. The first-order valence-electron chi connectivity index (χ1n) is 6.00. The van der Waals surface area contributed by atoms with Gasteiger partial charge < -0.3 is 4.90 Å². The minimum absolute atomic E-state index is 0.0730. The molecule has 0 fully saturated rings. The number of nitrogens with zero attached hydrogens (tertiary/aromatic N) is 1. The van der Waals surface area contributed by atoms with E-state index in [1.165, 1.54) is 17.4 Å². The Morgan fingerprint density at radius 1 is 1.40 bits per heavy atom. The number of rotatable bonds is 4. The predicted molar refractivity (Wildman–Crippen MR) is 83.8 cm³/mol. The Balaban J connectivity index is 2.23. The Bertz CT molecular complexity index is 631. The van der Waals surface area contributed by atoms with E-state index in [-0.39, 0.29) is 11.5 Å². The van der Waals surface area contributed by atoms with Crippen LogP contribution in [0.25, 0.3) is 0 Å². The molecule has 0 unspecified atom stereocenters. The predicted octanol–water partition coefficient (Wildman–Crippen LogP) is 4.97. The smallest absolute Gasteiger partial charge is 0.257 e. The summed E-state index contributed by atoms with van der Waals surface area (Å²) >= 11 is 10.4. The fourth-order valence-electron chi connectivity index (χ4n) is 1.79. The van der Waals surface area contributed by atoms with E-state index in [0.29, 0.717) is 21.9 Å². The van der Waals surface area contributed by atoms with Gasteiger partial charge in [0.1, 0.15) is 5.82 Å². The van der Waals surface area contributed by atoms with Gasteiger partial charge in [-0.2, -0.15) is 0 Å². The molecule has 0 atom stereocenters. The van der Waals surface area contributed by atoms with Crippen molar-refractivity contribution in [3.63, 3.8) is 0 Å². The number of carbonyl (C=O) groups excluding carboxylic acids is 1. The first-order valence-corrected chi connectivity index (χ1v) is 7.99. The summed E-state index contributed by atoms with van der Waals surface area (Å²) in [7, 11) is 0. The van der Waals surface area contributed by atoms with Crippen molar-refractivity contribution in [3.8, 4) is 0 Å². The standard InChI is InChI=1S/C14H12BrClFNOS/c1-2-18(8-9-6-7-12(16)20-9)14(19)10-4-3-5-11(15)13(10)17/h3-7H,2,8H2,1H3. The lowest BCUT2D eigenvalue weighted by atomic mass is 10.2. The molecule has 6 heteroatoms. The zero-order valence-electron chi connectivity index (χ0n) is 10.7. The summed E-state index contributed by atoms with van der Waals surface area (Å²) in [6, 6.07) is 8.38. The van der Waals surface area contributed by atoms with Gasteiger partial charge >= 0.3 is 0 Å². The van der Waals surface area contributed by atoms with Gasteiger partial charge in [-0.25, -0.2) is 4.39 Å². The van der Waals surface area contributed by atoms with Crippen LogP contribution in [0.4, 0.5) is 4.39 Å².